The van der Waals surface area contributed by atoms with E-state index in [1.54, 1.807) is 34.6 Å². The molecule has 0 rings (SSSR count). The summed E-state index contributed by atoms with van der Waals surface area (Å²) in [6.07, 6.45) is 0.717. The highest BCUT2D eigenvalue weighted by Crippen LogP contribution is 2.10. The first-order valence-electron chi connectivity index (χ1n) is 18.5. The molecule has 3 N–H and O–H groups in total. The van der Waals surface area contributed by atoms with Crippen LogP contribution in [0.25, 0.3) is 0 Å². The summed E-state index contributed by atoms with van der Waals surface area (Å²) in [4.78, 5) is 36.8. The maximum Gasteiger partial charge on any atom is 0.385 e. The largest absolute Gasteiger partial charge is 0.459 e. The molecule has 306 valence electrons. The van der Waals surface area contributed by atoms with Gasteiger partial charge in [-0.25, -0.2) is 9.59 Å². The van der Waals surface area contributed by atoms with Crippen molar-refractivity contribution < 1.29 is 28.6 Å². The van der Waals surface area contributed by atoms with Crippen LogP contribution >= 0.6 is 0 Å². The van der Waals surface area contributed by atoms with Gasteiger partial charge in [0.2, 0.25) is 0 Å². The highest BCUT2D eigenvalue weighted by molar-refractivity contribution is 5.90. The van der Waals surface area contributed by atoms with Crippen LogP contribution in [0.3, 0.4) is 0 Å². The van der Waals surface area contributed by atoms with Crippen molar-refractivity contribution >= 4 is 17.9 Å². The summed E-state index contributed by atoms with van der Waals surface area (Å²) >= 11 is 0. The highest BCUT2D eigenvalue weighted by Gasteiger charge is 2.21. The molecule has 0 aliphatic rings. The van der Waals surface area contributed by atoms with E-state index in [9.17, 15) is 14.4 Å². The molecule has 0 heterocycles. The first-order chi connectivity index (χ1) is 31.6. The first-order valence-corrected chi connectivity index (χ1v) is 18.5. The third-order valence-electron chi connectivity index (χ3n) is 5.58. The van der Waals surface area contributed by atoms with Gasteiger partial charge in [-0.3, -0.25) is 4.79 Å². The Bertz CT molecular complexity index is 3160. The summed E-state index contributed by atoms with van der Waals surface area (Å²) < 4.78 is 15.8. The van der Waals surface area contributed by atoms with Crippen LogP contribution in [0.15, 0.2) is 0 Å². The predicted molar refractivity (Wildman–Crippen MR) is 248 cm³/mol. The summed E-state index contributed by atoms with van der Waals surface area (Å²) in [7, 11) is 0. The van der Waals surface area contributed by atoms with Gasteiger partial charge < -0.3 is 25.3 Å². The number of hydrogen-bond acceptors (Lipinski definition) is 8. The molecule has 65 heavy (non-hydrogen) atoms. The van der Waals surface area contributed by atoms with E-state index < -0.39 is 35.7 Å². The predicted octanol–water partition coefficient (Wildman–Crippen LogP) is 0.978. The van der Waals surface area contributed by atoms with Gasteiger partial charge in [-0.1, -0.05) is 18.3 Å². The average molecular weight is 841 g/mol. The smallest absolute Gasteiger partial charge is 0.385 e. The van der Waals surface area contributed by atoms with Crippen molar-refractivity contribution in [2.24, 2.45) is 5.73 Å². The Labute approximate surface area is 384 Å². The van der Waals surface area contributed by atoms with Crippen LogP contribution < -0.4 is 11.1 Å². The number of esters is 3. The fourth-order valence-corrected chi connectivity index (χ4v) is 3.18. The normalized spacial score (nSPS) is 7.72. The summed E-state index contributed by atoms with van der Waals surface area (Å²) in [5.41, 5.74) is 5.31. The second-order valence-electron chi connectivity index (χ2n) is 11.7. The maximum absolute atomic E-state index is 12.4. The Kier molecular flexibility index (Phi) is 33.8. The number of hydrogen-bond donors (Lipinski definition) is 2. The van der Waals surface area contributed by atoms with Gasteiger partial charge in [0, 0.05) is 42.1 Å². The zero-order valence-electron chi connectivity index (χ0n) is 35.9. The van der Waals surface area contributed by atoms with Crippen LogP contribution in [0.4, 0.5) is 0 Å². The maximum atomic E-state index is 12.4. The van der Waals surface area contributed by atoms with Gasteiger partial charge in [0.1, 0.15) is 24.4 Å². The van der Waals surface area contributed by atoms with Crippen molar-refractivity contribution in [3.8, 4) is 237 Å². The van der Waals surface area contributed by atoms with Crippen molar-refractivity contribution in [1.82, 2.24) is 5.32 Å². The molecule has 0 amide bonds. The first kappa shape index (κ1) is 54.5. The number of nitrogens with two attached hydrogens (primary N) is 1. The van der Waals surface area contributed by atoms with E-state index in [0.29, 0.717) is 25.8 Å². The Balaban J connectivity index is 5.35. The lowest BCUT2D eigenvalue weighted by Crippen LogP contribution is -2.37. The molecule has 0 aliphatic heterocycles. The molecular weight excluding hydrogens is 809 g/mol. The van der Waals surface area contributed by atoms with Crippen LogP contribution in [-0.4, -0.2) is 55.4 Å². The summed E-state index contributed by atoms with van der Waals surface area (Å²) in [6, 6.07) is -0.756. The molecule has 8 heteroatoms. The van der Waals surface area contributed by atoms with E-state index in [4.69, 9.17) is 19.9 Å². The van der Waals surface area contributed by atoms with E-state index in [2.05, 4.69) is 242 Å². The van der Waals surface area contributed by atoms with Crippen LogP contribution in [-0.2, 0) is 28.6 Å². The van der Waals surface area contributed by atoms with Crippen LogP contribution in [0.1, 0.15) is 53.9 Å². The van der Waals surface area contributed by atoms with Gasteiger partial charge in [0.05, 0.1) is 0 Å². The minimum atomic E-state index is -0.949. The van der Waals surface area contributed by atoms with E-state index in [-0.39, 0.29) is 13.2 Å². The fourth-order valence-electron chi connectivity index (χ4n) is 3.18. The third kappa shape index (κ3) is 41.5. The summed E-state index contributed by atoms with van der Waals surface area (Å²) in [5.74, 6) is 96.1. The lowest BCUT2D eigenvalue weighted by Gasteiger charge is -2.22. The molecule has 0 aromatic rings. The standard InChI is InChI=1S/C57H32N2O6/c1-6-8-10-12-14-16-18-20-22-24-26-28-30-32-34-36-38-40-42-47-54(60)63-51-52(50-59-49-45-44-46-53(58)56(62)65-57(3,4)5)64-55(61)48-43-41-39-37-35-33-31-29-27-25-23-21-19-17-15-13-11-9-7-2/h52-53,59H,44-46,49-51,58H2,1-5H3. The molecular formula is C57H32N2O6. The van der Waals surface area contributed by atoms with Gasteiger partial charge in [-0.2, -0.15) is 0 Å². The van der Waals surface area contributed by atoms with Crippen molar-refractivity contribution in [2.75, 3.05) is 19.7 Å². The molecule has 0 spiro atoms. The molecule has 0 fully saturated rings. The van der Waals surface area contributed by atoms with Crippen LogP contribution in [0.2, 0.25) is 0 Å². The lowest BCUT2D eigenvalue weighted by molar-refractivity contribution is -0.156. The van der Waals surface area contributed by atoms with E-state index in [1.165, 1.54) is 0 Å². The van der Waals surface area contributed by atoms with Gasteiger partial charge >= 0.3 is 17.9 Å². The van der Waals surface area contributed by atoms with E-state index >= 15 is 0 Å². The second-order valence-corrected chi connectivity index (χ2v) is 11.7. The molecule has 0 aromatic carbocycles. The molecule has 2 unspecified atom stereocenters. The minimum Gasteiger partial charge on any atom is -0.459 e. The summed E-state index contributed by atoms with van der Waals surface area (Å²) in [5, 5.41) is 3.11. The van der Waals surface area contributed by atoms with E-state index in [1.807, 2.05) is 0 Å². The molecule has 0 aromatic heterocycles. The Morgan fingerprint density at radius 2 is 0.800 bits per heavy atom. The number of rotatable bonds is 11. The molecule has 0 radical (unpaired) electrons. The second kappa shape index (κ2) is 40.3. The number of unbranched alkanes of at least 4 members (excludes halogenated alkanes) is 1. The SMILES string of the molecule is CC#CC#CC#CC#CC#CC#CC#CC#CC#CC#CC(=O)OCC(CNCCCCC(N)C(=O)OC(C)(C)C)OC(=O)C#CC#CC#CC#CC#CC#CC#CC#CC#CC#CC. The van der Waals surface area contributed by atoms with E-state index in [0.717, 1.165) is 0 Å². The molecule has 0 saturated heterocycles. The summed E-state index contributed by atoms with van der Waals surface area (Å²) in [6.45, 7) is 8.84. The van der Waals surface area contributed by atoms with Gasteiger partial charge in [-0.05, 0) is 243 Å². The number of nitrogens with one attached hydrogen (secondary N) is 1. The van der Waals surface area contributed by atoms with Crippen molar-refractivity contribution in [3.05, 3.63) is 0 Å². The molecule has 8 nitrogen and oxygen atoms in total. The quantitative estimate of drug-likeness (QED) is 0.104. The number of carbonyl (C=O) groups excluding carboxylic acids is 3. The third-order valence-corrected chi connectivity index (χ3v) is 5.58. The van der Waals surface area contributed by atoms with Crippen LogP contribution in [0, 0.1) is 237 Å². The fraction of sp³-hybridized carbons (Fsp3) is 0.246. The monoisotopic (exact) mass is 840 g/mol. The van der Waals surface area contributed by atoms with Gasteiger partial charge in [-0.15, -0.1) is 0 Å². The zero-order chi connectivity index (χ0) is 47.7. The van der Waals surface area contributed by atoms with Gasteiger partial charge in [0.15, 0.2) is 0 Å². The highest BCUT2D eigenvalue weighted by atomic mass is 16.6. The Hall–Kier alpha value is -10.5. The van der Waals surface area contributed by atoms with Crippen molar-refractivity contribution in [1.29, 1.82) is 0 Å². The van der Waals surface area contributed by atoms with Crippen LogP contribution in [0.5, 0.6) is 0 Å². The van der Waals surface area contributed by atoms with Gasteiger partial charge in [0.25, 0.3) is 0 Å². The Morgan fingerprint density at radius 3 is 1.14 bits per heavy atom. The molecule has 0 saturated carbocycles. The van der Waals surface area contributed by atoms with Crippen molar-refractivity contribution in [3.63, 3.8) is 0 Å². The molecule has 0 aliphatic carbocycles. The topological polar surface area (TPSA) is 117 Å². The zero-order valence-corrected chi connectivity index (χ0v) is 35.9. The van der Waals surface area contributed by atoms with Crippen molar-refractivity contribution in [2.45, 2.75) is 71.6 Å². The molecule has 2 atom stereocenters. The average Bonchev–Trinajstić information content (AvgIpc) is 3.27. The lowest BCUT2D eigenvalue weighted by atomic mass is 10.1. The number of carbonyl (C=O) groups is 3. The Morgan fingerprint density at radius 1 is 0.477 bits per heavy atom. The minimum absolute atomic E-state index is 0.0897. The molecule has 0 bridgehead atoms. The number of ether oxygens (including phenoxy) is 3.